The summed E-state index contributed by atoms with van der Waals surface area (Å²) >= 11 is 0. The van der Waals surface area contributed by atoms with E-state index in [2.05, 4.69) is 4.90 Å². The Hall–Kier alpha value is -0.410. The third-order valence-electron chi connectivity index (χ3n) is 3.88. The van der Waals surface area contributed by atoms with Gasteiger partial charge in [-0.2, -0.15) is 0 Å². The Kier molecular flexibility index (Phi) is 3.42. The molecule has 1 saturated carbocycles. The summed E-state index contributed by atoms with van der Waals surface area (Å²) < 4.78 is 0. The minimum absolute atomic E-state index is 0.0801. The molecule has 0 radical (unpaired) electrons. The molecule has 1 heterocycles. The van der Waals surface area contributed by atoms with Gasteiger partial charge in [0.2, 0.25) is 0 Å². The minimum Gasteiger partial charge on any atom is -0.391 e. The fourth-order valence-electron chi connectivity index (χ4n) is 3.10. The molecule has 86 valence electrons. The largest absolute Gasteiger partial charge is 0.391 e. The SMILES string of the molecule is CC(=O)C1CCCCN1C1CCCC1O. The van der Waals surface area contributed by atoms with E-state index in [1.807, 2.05) is 0 Å². The predicted molar refractivity (Wildman–Crippen MR) is 58.7 cm³/mol. The number of aliphatic hydroxyl groups excluding tert-OH is 1. The van der Waals surface area contributed by atoms with Gasteiger partial charge < -0.3 is 5.11 Å². The fourth-order valence-corrected chi connectivity index (χ4v) is 3.10. The van der Waals surface area contributed by atoms with Crippen molar-refractivity contribution >= 4 is 5.78 Å². The van der Waals surface area contributed by atoms with Gasteiger partial charge in [-0.05, 0) is 45.6 Å². The number of rotatable bonds is 2. The smallest absolute Gasteiger partial charge is 0.146 e. The number of hydrogen-bond donors (Lipinski definition) is 1. The third-order valence-corrected chi connectivity index (χ3v) is 3.88. The molecule has 3 nitrogen and oxygen atoms in total. The second-order valence-corrected chi connectivity index (χ2v) is 4.93. The molecular weight excluding hydrogens is 190 g/mol. The highest BCUT2D eigenvalue weighted by Crippen LogP contribution is 2.29. The van der Waals surface area contributed by atoms with E-state index in [0.29, 0.717) is 0 Å². The second-order valence-electron chi connectivity index (χ2n) is 4.93. The van der Waals surface area contributed by atoms with Crippen LogP contribution >= 0.6 is 0 Å². The van der Waals surface area contributed by atoms with Crippen molar-refractivity contribution in [3.8, 4) is 0 Å². The summed E-state index contributed by atoms with van der Waals surface area (Å²) in [6.45, 7) is 2.68. The monoisotopic (exact) mass is 211 g/mol. The van der Waals surface area contributed by atoms with Crippen LogP contribution in [0.25, 0.3) is 0 Å². The third kappa shape index (κ3) is 2.23. The first kappa shape index (κ1) is 11.1. The Labute approximate surface area is 91.5 Å². The summed E-state index contributed by atoms with van der Waals surface area (Å²) in [7, 11) is 0. The van der Waals surface area contributed by atoms with E-state index in [0.717, 1.165) is 38.6 Å². The summed E-state index contributed by atoms with van der Waals surface area (Å²) in [5.74, 6) is 0.272. The van der Waals surface area contributed by atoms with Crippen LogP contribution in [0.1, 0.15) is 45.4 Å². The van der Waals surface area contributed by atoms with Crippen molar-refractivity contribution < 1.29 is 9.90 Å². The van der Waals surface area contributed by atoms with Gasteiger partial charge >= 0.3 is 0 Å². The maximum Gasteiger partial charge on any atom is 0.146 e. The zero-order valence-corrected chi connectivity index (χ0v) is 9.48. The number of aliphatic hydroxyl groups is 1. The van der Waals surface area contributed by atoms with E-state index < -0.39 is 0 Å². The predicted octanol–water partition coefficient (Wildman–Crippen LogP) is 1.34. The molecule has 3 heteroatoms. The van der Waals surface area contributed by atoms with Gasteiger partial charge in [0.1, 0.15) is 5.78 Å². The number of nitrogens with zero attached hydrogens (tertiary/aromatic N) is 1. The van der Waals surface area contributed by atoms with Gasteiger partial charge in [-0.3, -0.25) is 9.69 Å². The zero-order chi connectivity index (χ0) is 10.8. The molecule has 2 aliphatic rings. The summed E-state index contributed by atoms with van der Waals surface area (Å²) in [5.41, 5.74) is 0. The minimum atomic E-state index is -0.204. The van der Waals surface area contributed by atoms with Crippen LogP contribution in [0.3, 0.4) is 0 Å². The van der Waals surface area contributed by atoms with Crippen molar-refractivity contribution in [1.29, 1.82) is 0 Å². The number of likely N-dealkylation sites (tertiary alicyclic amines) is 1. The molecule has 1 saturated heterocycles. The standard InChI is InChI=1S/C12H21NO2/c1-9(14)10-5-2-3-8-13(10)11-6-4-7-12(11)15/h10-12,15H,2-8H2,1H3. The van der Waals surface area contributed by atoms with Crippen LogP contribution in [0.15, 0.2) is 0 Å². The molecule has 3 atom stereocenters. The van der Waals surface area contributed by atoms with Gasteiger partial charge in [0.15, 0.2) is 0 Å². The molecule has 2 fully saturated rings. The van der Waals surface area contributed by atoms with E-state index in [9.17, 15) is 9.90 Å². The van der Waals surface area contributed by atoms with Gasteiger partial charge in [-0.15, -0.1) is 0 Å². The molecule has 0 amide bonds. The molecule has 0 spiro atoms. The van der Waals surface area contributed by atoms with Crippen LogP contribution in [0.4, 0.5) is 0 Å². The van der Waals surface area contributed by atoms with E-state index in [1.54, 1.807) is 6.92 Å². The van der Waals surface area contributed by atoms with Crippen LogP contribution < -0.4 is 0 Å². The number of ketones is 1. The number of piperidine rings is 1. The molecule has 1 N–H and O–H groups in total. The molecule has 3 unspecified atom stereocenters. The molecular formula is C12H21NO2. The number of carbonyl (C=O) groups is 1. The Balaban J connectivity index is 2.06. The maximum atomic E-state index is 11.5. The summed E-state index contributed by atoms with van der Waals surface area (Å²) in [6.07, 6.45) is 6.18. The van der Waals surface area contributed by atoms with Crippen molar-refractivity contribution in [2.75, 3.05) is 6.54 Å². The van der Waals surface area contributed by atoms with Crippen molar-refractivity contribution in [2.24, 2.45) is 0 Å². The second kappa shape index (κ2) is 4.62. The summed E-state index contributed by atoms with van der Waals surface area (Å²) in [4.78, 5) is 13.8. The Morgan fingerprint density at radius 1 is 1.20 bits per heavy atom. The van der Waals surface area contributed by atoms with Crippen LogP contribution in [0, 0.1) is 0 Å². The van der Waals surface area contributed by atoms with E-state index in [1.165, 1.54) is 6.42 Å². The van der Waals surface area contributed by atoms with Crippen LogP contribution in [0.5, 0.6) is 0 Å². The highest BCUT2D eigenvalue weighted by atomic mass is 16.3. The van der Waals surface area contributed by atoms with Gasteiger partial charge in [0.25, 0.3) is 0 Å². The lowest BCUT2D eigenvalue weighted by Crippen LogP contribution is -2.51. The molecule has 0 aromatic rings. The highest BCUT2D eigenvalue weighted by molar-refractivity contribution is 5.81. The van der Waals surface area contributed by atoms with Gasteiger partial charge in [-0.25, -0.2) is 0 Å². The Morgan fingerprint density at radius 2 is 2.00 bits per heavy atom. The first-order valence-corrected chi connectivity index (χ1v) is 6.14. The number of hydrogen-bond acceptors (Lipinski definition) is 3. The van der Waals surface area contributed by atoms with Crippen molar-refractivity contribution in [2.45, 2.75) is 63.6 Å². The maximum absolute atomic E-state index is 11.5. The average Bonchev–Trinajstić information content (AvgIpc) is 2.64. The topological polar surface area (TPSA) is 40.5 Å². The van der Waals surface area contributed by atoms with Crippen LogP contribution in [-0.2, 0) is 4.79 Å². The van der Waals surface area contributed by atoms with Gasteiger partial charge in [0.05, 0.1) is 12.1 Å². The molecule has 1 aliphatic heterocycles. The van der Waals surface area contributed by atoms with Crippen molar-refractivity contribution in [3.63, 3.8) is 0 Å². The van der Waals surface area contributed by atoms with Gasteiger partial charge in [-0.1, -0.05) is 6.42 Å². The van der Waals surface area contributed by atoms with Crippen LogP contribution in [-0.4, -0.2) is 40.5 Å². The lowest BCUT2D eigenvalue weighted by Gasteiger charge is -2.39. The van der Waals surface area contributed by atoms with E-state index >= 15 is 0 Å². The van der Waals surface area contributed by atoms with Crippen molar-refractivity contribution in [1.82, 2.24) is 4.90 Å². The highest BCUT2D eigenvalue weighted by Gasteiger charge is 2.37. The molecule has 1 aliphatic carbocycles. The summed E-state index contributed by atoms with van der Waals surface area (Å²) in [6, 6.07) is 0.329. The first-order chi connectivity index (χ1) is 7.20. The number of Topliss-reactive ketones (excluding diaryl/α,β-unsaturated/α-hetero) is 1. The molecule has 15 heavy (non-hydrogen) atoms. The first-order valence-electron chi connectivity index (χ1n) is 6.14. The van der Waals surface area contributed by atoms with E-state index in [-0.39, 0.29) is 24.0 Å². The van der Waals surface area contributed by atoms with E-state index in [4.69, 9.17) is 0 Å². The molecule has 0 bridgehead atoms. The average molecular weight is 211 g/mol. The fraction of sp³-hybridized carbons (Fsp3) is 0.917. The van der Waals surface area contributed by atoms with Gasteiger partial charge in [0, 0.05) is 6.04 Å². The lowest BCUT2D eigenvalue weighted by molar-refractivity contribution is -0.125. The molecule has 0 aromatic heterocycles. The lowest BCUT2D eigenvalue weighted by atomic mass is 9.96. The van der Waals surface area contributed by atoms with Crippen LogP contribution in [0.2, 0.25) is 0 Å². The number of carbonyl (C=O) groups excluding carboxylic acids is 1. The Bertz CT molecular complexity index is 242. The quantitative estimate of drug-likeness (QED) is 0.749. The molecule has 2 rings (SSSR count). The summed E-state index contributed by atoms with van der Waals surface area (Å²) in [5, 5.41) is 9.89. The Morgan fingerprint density at radius 3 is 2.60 bits per heavy atom. The van der Waals surface area contributed by atoms with Crippen molar-refractivity contribution in [3.05, 3.63) is 0 Å². The zero-order valence-electron chi connectivity index (χ0n) is 9.48. The molecule has 0 aromatic carbocycles. The normalized spacial score (nSPS) is 38.1.